The van der Waals surface area contributed by atoms with Crippen molar-refractivity contribution in [2.24, 2.45) is 0 Å². The Labute approximate surface area is 154 Å². The number of hydrogen-bond acceptors (Lipinski definition) is 1. The van der Waals surface area contributed by atoms with Crippen LogP contribution in [0, 0.1) is 18.6 Å². The van der Waals surface area contributed by atoms with E-state index in [0.717, 1.165) is 28.4 Å². The van der Waals surface area contributed by atoms with Crippen LogP contribution in [0.4, 0.5) is 14.5 Å². The van der Waals surface area contributed by atoms with E-state index in [9.17, 15) is 13.6 Å². The van der Waals surface area contributed by atoms with Crippen LogP contribution in [0.3, 0.4) is 0 Å². The first-order valence-corrected chi connectivity index (χ1v) is 8.47. The van der Waals surface area contributed by atoms with Crippen LogP contribution in [-0.4, -0.2) is 10.3 Å². The van der Waals surface area contributed by atoms with Crippen LogP contribution >= 0.6 is 0 Å². The molecule has 0 bridgehead atoms. The highest BCUT2D eigenvalue weighted by atomic mass is 19.2. The molecule has 0 saturated carbocycles. The molecule has 1 amide bonds. The maximum absolute atomic E-state index is 13.8. The summed E-state index contributed by atoms with van der Waals surface area (Å²) < 4.78 is 29.2. The van der Waals surface area contributed by atoms with E-state index < -0.39 is 17.5 Å². The minimum absolute atomic E-state index is 0.326. The second-order valence-corrected chi connectivity index (χ2v) is 6.30. The van der Waals surface area contributed by atoms with Crippen LogP contribution < -0.4 is 5.32 Å². The summed E-state index contributed by atoms with van der Waals surface area (Å²) in [5.74, 6) is -2.89. The summed E-state index contributed by atoms with van der Waals surface area (Å²) in [7, 11) is 0. The monoisotopic (exact) mass is 362 g/mol. The molecule has 2 heterocycles. The second-order valence-electron chi connectivity index (χ2n) is 6.30. The van der Waals surface area contributed by atoms with Gasteiger partial charge in [-0.25, -0.2) is 8.78 Å². The van der Waals surface area contributed by atoms with Crippen molar-refractivity contribution in [3.05, 3.63) is 95.7 Å². The molecule has 5 heteroatoms. The number of rotatable bonds is 3. The predicted octanol–water partition coefficient (Wildman–Crippen LogP) is 5.45. The summed E-state index contributed by atoms with van der Waals surface area (Å²) in [6.07, 6.45) is 2.00. The van der Waals surface area contributed by atoms with E-state index >= 15 is 0 Å². The third kappa shape index (κ3) is 3.08. The van der Waals surface area contributed by atoms with E-state index in [1.54, 1.807) is 12.1 Å². The van der Waals surface area contributed by atoms with Gasteiger partial charge in [-0.2, -0.15) is 0 Å². The number of aromatic nitrogens is 1. The van der Waals surface area contributed by atoms with Gasteiger partial charge >= 0.3 is 0 Å². The lowest BCUT2D eigenvalue weighted by Gasteiger charge is -2.09. The topological polar surface area (TPSA) is 33.5 Å². The van der Waals surface area contributed by atoms with Crippen molar-refractivity contribution in [1.82, 2.24) is 4.40 Å². The third-order valence-electron chi connectivity index (χ3n) is 4.48. The van der Waals surface area contributed by atoms with Gasteiger partial charge in [-0.1, -0.05) is 24.3 Å². The minimum atomic E-state index is -1.15. The summed E-state index contributed by atoms with van der Waals surface area (Å²) >= 11 is 0. The number of carbonyl (C=O) groups is 1. The maximum Gasteiger partial charge on any atom is 0.258 e. The lowest BCUT2D eigenvalue weighted by molar-refractivity contribution is 0.102. The molecule has 134 valence electrons. The molecule has 0 radical (unpaired) electrons. The Kier molecular flexibility index (Phi) is 4.20. The van der Waals surface area contributed by atoms with E-state index in [1.807, 2.05) is 43.5 Å². The molecule has 0 spiro atoms. The zero-order chi connectivity index (χ0) is 19.0. The molecular formula is C22H16F2N2O. The first kappa shape index (κ1) is 17.0. The zero-order valence-corrected chi connectivity index (χ0v) is 14.5. The van der Waals surface area contributed by atoms with Crippen molar-refractivity contribution in [2.45, 2.75) is 6.92 Å². The molecule has 0 atom stereocenters. The molecule has 0 unspecified atom stereocenters. The van der Waals surface area contributed by atoms with Gasteiger partial charge in [0, 0.05) is 17.4 Å². The average Bonchev–Trinajstić information content (AvgIpc) is 3.00. The van der Waals surface area contributed by atoms with Gasteiger partial charge in [0.15, 0.2) is 11.6 Å². The number of nitrogens with zero attached hydrogens (tertiary/aromatic N) is 1. The van der Waals surface area contributed by atoms with E-state index in [1.165, 1.54) is 12.1 Å². The van der Waals surface area contributed by atoms with Gasteiger partial charge in [0.25, 0.3) is 5.91 Å². The van der Waals surface area contributed by atoms with E-state index in [0.29, 0.717) is 5.69 Å². The number of aryl methyl sites for hydroxylation is 1. The van der Waals surface area contributed by atoms with Crippen LogP contribution in [0.2, 0.25) is 0 Å². The molecule has 0 saturated heterocycles. The number of pyridine rings is 1. The van der Waals surface area contributed by atoms with Gasteiger partial charge in [0.2, 0.25) is 0 Å². The fraction of sp³-hybridized carbons (Fsp3) is 0.0455. The number of anilines is 1. The molecule has 0 fully saturated rings. The summed E-state index contributed by atoms with van der Waals surface area (Å²) in [4.78, 5) is 12.2. The highest BCUT2D eigenvalue weighted by Gasteiger charge is 2.15. The molecule has 4 aromatic rings. The van der Waals surface area contributed by atoms with Crippen molar-refractivity contribution in [3.63, 3.8) is 0 Å². The van der Waals surface area contributed by atoms with Crippen molar-refractivity contribution in [2.75, 3.05) is 5.32 Å². The lowest BCUT2D eigenvalue weighted by atomic mass is 10.1. The number of benzene rings is 2. The highest BCUT2D eigenvalue weighted by molar-refractivity contribution is 6.04. The summed E-state index contributed by atoms with van der Waals surface area (Å²) in [5.41, 5.74) is 4.48. The van der Waals surface area contributed by atoms with Crippen LogP contribution in [-0.2, 0) is 0 Å². The predicted molar refractivity (Wildman–Crippen MR) is 102 cm³/mol. The SMILES string of the molecule is Cc1cc2ccccn2c1-c1ccc(NC(=O)c2cccc(F)c2F)cc1. The molecule has 2 aromatic heterocycles. The van der Waals surface area contributed by atoms with Crippen molar-refractivity contribution < 1.29 is 13.6 Å². The Balaban J connectivity index is 1.62. The van der Waals surface area contributed by atoms with Crippen LogP contribution in [0.1, 0.15) is 15.9 Å². The first-order chi connectivity index (χ1) is 13.0. The second kappa shape index (κ2) is 6.68. The van der Waals surface area contributed by atoms with Gasteiger partial charge in [-0.15, -0.1) is 0 Å². The smallest absolute Gasteiger partial charge is 0.258 e. The standard InChI is InChI=1S/C22H16F2N2O/c1-14-13-17-5-2-3-12-26(17)21(14)15-8-10-16(11-9-15)25-22(27)18-6-4-7-19(23)20(18)24/h2-13H,1H3,(H,25,27). The quantitative estimate of drug-likeness (QED) is 0.517. The number of amides is 1. The van der Waals surface area contributed by atoms with E-state index in [4.69, 9.17) is 0 Å². The van der Waals surface area contributed by atoms with E-state index in [2.05, 4.69) is 15.8 Å². The number of nitrogens with one attached hydrogen (secondary N) is 1. The normalized spacial score (nSPS) is 10.9. The van der Waals surface area contributed by atoms with Gasteiger partial charge in [0.1, 0.15) is 0 Å². The molecule has 27 heavy (non-hydrogen) atoms. The van der Waals surface area contributed by atoms with Crippen molar-refractivity contribution in [3.8, 4) is 11.3 Å². The first-order valence-electron chi connectivity index (χ1n) is 8.47. The van der Waals surface area contributed by atoms with Gasteiger partial charge in [0.05, 0.1) is 11.3 Å². The number of carbonyl (C=O) groups excluding carboxylic acids is 1. The number of fused-ring (bicyclic) bond motifs is 1. The number of halogens is 2. The molecule has 3 nitrogen and oxygen atoms in total. The highest BCUT2D eigenvalue weighted by Crippen LogP contribution is 2.28. The van der Waals surface area contributed by atoms with Gasteiger partial charge < -0.3 is 9.72 Å². The van der Waals surface area contributed by atoms with Gasteiger partial charge in [-0.3, -0.25) is 4.79 Å². The van der Waals surface area contributed by atoms with Crippen molar-refractivity contribution >= 4 is 17.1 Å². The molecule has 1 N–H and O–H groups in total. The van der Waals surface area contributed by atoms with E-state index in [-0.39, 0.29) is 5.56 Å². The maximum atomic E-state index is 13.8. The molecular weight excluding hydrogens is 346 g/mol. The third-order valence-corrected chi connectivity index (χ3v) is 4.48. The molecule has 0 aliphatic rings. The summed E-state index contributed by atoms with van der Waals surface area (Å²) in [5, 5.41) is 2.60. The Morgan fingerprint density at radius 3 is 2.52 bits per heavy atom. The largest absolute Gasteiger partial charge is 0.322 e. The minimum Gasteiger partial charge on any atom is -0.322 e. The molecule has 2 aromatic carbocycles. The fourth-order valence-corrected chi connectivity index (χ4v) is 3.21. The Morgan fingerprint density at radius 1 is 0.963 bits per heavy atom. The number of hydrogen-bond donors (Lipinski definition) is 1. The van der Waals surface area contributed by atoms with Crippen molar-refractivity contribution in [1.29, 1.82) is 0 Å². The van der Waals surface area contributed by atoms with Crippen LogP contribution in [0.15, 0.2) is 72.9 Å². The summed E-state index contributed by atoms with van der Waals surface area (Å²) in [6, 6.07) is 18.9. The Bertz CT molecular complexity index is 1150. The zero-order valence-electron chi connectivity index (χ0n) is 14.5. The fourth-order valence-electron chi connectivity index (χ4n) is 3.21. The molecule has 0 aliphatic heterocycles. The van der Waals surface area contributed by atoms with Crippen LogP contribution in [0.5, 0.6) is 0 Å². The lowest BCUT2D eigenvalue weighted by Crippen LogP contribution is -2.14. The van der Waals surface area contributed by atoms with Crippen LogP contribution in [0.25, 0.3) is 16.8 Å². The Hall–Kier alpha value is -3.47. The Morgan fingerprint density at radius 2 is 1.74 bits per heavy atom. The molecule has 4 rings (SSSR count). The van der Waals surface area contributed by atoms with Gasteiger partial charge in [-0.05, 0) is 60.5 Å². The average molecular weight is 362 g/mol. The summed E-state index contributed by atoms with van der Waals surface area (Å²) in [6.45, 7) is 2.05. The molecule has 0 aliphatic carbocycles.